The Labute approximate surface area is 324 Å². The normalized spacial score (nSPS) is 31.4. The number of unbranched alkanes of at least 4 members (excludes halogenated alkanes) is 12. The third-order valence-corrected chi connectivity index (χ3v) is 15.7. The van der Waals surface area contributed by atoms with Crippen LogP contribution in [0.2, 0.25) is 0 Å². The van der Waals surface area contributed by atoms with Crippen LogP contribution in [0.25, 0.3) is 0 Å². The second-order valence-corrected chi connectivity index (χ2v) is 19.5. The molecular formula is C50H86O2. The van der Waals surface area contributed by atoms with Gasteiger partial charge in [-0.15, -0.1) is 0 Å². The number of hydrogen-bond donors (Lipinski definition) is 0. The minimum atomic E-state index is 0.0577. The smallest absolute Gasteiger partial charge is 0.306 e. The zero-order valence-corrected chi connectivity index (χ0v) is 35.7. The van der Waals surface area contributed by atoms with Gasteiger partial charge in [-0.1, -0.05) is 155 Å². The number of fused-ring (bicyclic) bond motifs is 5. The molecule has 0 N–H and O–H groups in total. The predicted octanol–water partition coefficient (Wildman–Crippen LogP) is 15.6. The van der Waals surface area contributed by atoms with Crippen LogP contribution in [0.5, 0.6) is 0 Å². The summed E-state index contributed by atoms with van der Waals surface area (Å²) < 4.78 is 6.15. The molecule has 4 rings (SSSR count). The largest absolute Gasteiger partial charge is 0.462 e. The summed E-state index contributed by atoms with van der Waals surface area (Å²) in [6.45, 7) is 17.4. The fourth-order valence-electron chi connectivity index (χ4n) is 11.8. The van der Waals surface area contributed by atoms with Gasteiger partial charge in [0.2, 0.25) is 0 Å². The highest BCUT2D eigenvalue weighted by Crippen LogP contribution is 2.67. The van der Waals surface area contributed by atoms with Crippen molar-refractivity contribution in [2.24, 2.45) is 52.3 Å². The Morgan fingerprint density at radius 3 is 2.10 bits per heavy atom. The molecule has 9 unspecified atom stereocenters. The van der Waals surface area contributed by atoms with Crippen molar-refractivity contribution in [2.75, 3.05) is 0 Å². The lowest BCUT2D eigenvalue weighted by Gasteiger charge is -2.58. The molecule has 3 saturated carbocycles. The maximum Gasteiger partial charge on any atom is 0.306 e. The summed E-state index contributed by atoms with van der Waals surface area (Å²) >= 11 is 0. The molecule has 0 aromatic heterocycles. The zero-order valence-electron chi connectivity index (χ0n) is 35.7. The average molecular weight is 719 g/mol. The minimum Gasteiger partial charge on any atom is -0.462 e. The van der Waals surface area contributed by atoms with Gasteiger partial charge in [0.25, 0.3) is 0 Å². The summed E-state index contributed by atoms with van der Waals surface area (Å²) in [5.74, 6) is 6.08. The van der Waals surface area contributed by atoms with Crippen molar-refractivity contribution in [3.8, 4) is 0 Å². The topological polar surface area (TPSA) is 26.3 Å². The molecule has 0 aromatic rings. The number of rotatable bonds is 24. The molecule has 4 aliphatic rings. The van der Waals surface area contributed by atoms with Gasteiger partial charge in [0.05, 0.1) is 0 Å². The first-order valence-corrected chi connectivity index (χ1v) is 23.3. The van der Waals surface area contributed by atoms with E-state index in [4.69, 9.17) is 4.74 Å². The van der Waals surface area contributed by atoms with E-state index in [0.717, 1.165) is 67.1 Å². The molecule has 298 valence electrons. The fourth-order valence-corrected chi connectivity index (χ4v) is 11.8. The van der Waals surface area contributed by atoms with E-state index in [1.54, 1.807) is 5.57 Å². The first-order chi connectivity index (χ1) is 25.1. The molecule has 4 aliphatic carbocycles. The third kappa shape index (κ3) is 12.4. The molecule has 9 atom stereocenters. The maximum absolute atomic E-state index is 12.9. The molecule has 0 spiro atoms. The zero-order chi connectivity index (χ0) is 37.4. The van der Waals surface area contributed by atoms with E-state index >= 15 is 0 Å². The quantitative estimate of drug-likeness (QED) is 0.0564. The molecule has 3 fully saturated rings. The van der Waals surface area contributed by atoms with Gasteiger partial charge in [0.15, 0.2) is 0 Å². The number of ether oxygens (including phenoxy) is 1. The number of allylic oxidation sites excluding steroid dienone is 5. The molecule has 0 radical (unpaired) electrons. The lowest BCUT2D eigenvalue weighted by Crippen LogP contribution is -2.51. The standard InChI is InChI=1S/C50H86O2/c1-8-9-10-11-12-13-14-15-16-17-18-19-20-21-22-23-24-25-26-27-48(51)52-43-34-36-49(6)42(38-43)30-31-44-46-33-32-45(50(46,7)37-35-47(44)49)41(5)29-28-40(4)39(2)3/h12-13,15-16,30,39-41,43-47H,8-11,14,17-29,31-38H2,1-7H3/b13-12-,16-15-. The summed E-state index contributed by atoms with van der Waals surface area (Å²) in [6.07, 6.45) is 45.0. The van der Waals surface area contributed by atoms with E-state index in [1.165, 1.54) is 135 Å². The van der Waals surface area contributed by atoms with E-state index in [1.807, 2.05) is 0 Å². The Kier molecular flexibility index (Phi) is 18.6. The first-order valence-electron chi connectivity index (χ1n) is 23.3. The third-order valence-electron chi connectivity index (χ3n) is 15.7. The average Bonchev–Trinajstić information content (AvgIpc) is 3.48. The molecule has 0 aliphatic heterocycles. The highest BCUT2D eigenvalue weighted by atomic mass is 16.5. The van der Waals surface area contributed by atoms with Crippen LogP contribution in [0.15, 0.2) is 36.0 Å². The maximum atomic E-state index is 12.9. The van der Waals surface area contributed by atoms with Crippen LogP contribution >= 0.6 is 0 Å². The SMILES string of the molecule is CCCCC/C=C\C/C=C\CCCCCCCCCCCC(=O)OC1CCC2(C)C(=CCC3C2CCC2(C)C(C(C)CCC(C)C(C)C)CCC32)C1. The van der Waals surface area contributed by atoms with Crippen molar-refractivity contribution in [3.63, 3.8) is 0 Å². The number of hydrogen-bond acceptors (Lipinski definition) is 2. The molecule has 2 nitrogen and oxygen atoms in total. The number of esters is 1. The Morgan fingerprint density at radius 2 is 1.42 bits per heavy atom. The number of carbonyl (C=O) groups excluding carboxylic acids is 1. The van der Waals surface area contributed by atoms with Crippen LogP contribution in [0.4, 0.5) is 0 Å². The Balaban J connectivity index is 1.06. The highest BCUT2D eigenvalue weighted by Gasteiger charge is 2.59. The van der Waals surface area contributed by atoms with Crippen LogP contribution in [-0.2, 0) is 9.53 Å². The lowest BCUT2D eigenvalue weighted by molar-refractivity contribution is -0.151. The molecule has 2 heteroatoms. The van der Waals surface area contributed by atoms with Gasteiger partial charge < -0.3 is 4.74 Å². The molecule has 0 saturated heterocycles. The minimum absolute atomic E-state index is 0.0577. The van der Waals surface area contributed by atoms with Crippen molar-refractivity contribution in [2.45, 2.75) is 222 Å². The molecule has 0 amide bonds. The molecule has 0 aromatic carbocycles. The van der Waals surface area contributed by atoms with Gasteiger partial charge in [0, 0.05) is 12.8 Å². The Bertz CT molecular complexity index is 1110. The van der Waals surface area contributed by atoms with Crippen molar-refractivity contribution in [1.82, 2.24) is 0 Å². The summed E-state index contributed by atoms with van der Waals surface area (Å²) in [7, 11) is 0. The van der Waals surface area contributed by atoms with E-state index < -0.39 is 0 Å². The predicted molar refractivity (Wildman–Crippen MR) is 225 cm³/mol. The fraction of sp³-hybridized carbons (Fsp3) is 0.860. The summed E-state index contributed by atoms with van der Waals surface area (Å²) in [6, 6.07) is 0. The van der Waals surface area contributed by atoms with E-state index in [9.17, 15) is 4.79 Å². The summed E-state index contributed by atoms with van der Waals surface area (Å²) in [5.41, 5.74) is 2.51. The Hall–Kier alpha value is -1.31. The van der Waals surface area contributed by atoms with Gasteiger partial charge in [0.1, 0.15) is 6.10 Å². The molecular weight excluding hydrogens is 633 g/mol. The van der Waals surface area contributed by atoms with Crippen LogP contribution in [0.1, 0.15) is 215 Å². The van der Waals surface area contributed by atoms with Crippen molar-refractivity contribution >= 4 is 5.97 Å². The number of carbonyl (C=O) groups is 1. The van der Waals surface area contributed by atoms with Crippen molar-refractivity contribution < 1.29 is 9.53 Å². The van der Waals surface area contributed by atoms with Gasteiger partial charge in [-0.2, -0.15) is 0 Å². The van der Waals surface area contributed by atoms with Crippen LogP contribution < -0.4 is 0 Å². The highest BCUT2D eigenvalue weighted by molar-refractivity contribution is 5.69. The van der Waals surface area contributed by atoms with Gasteiger partial charge in [-0.3, -0.25) is 4.79 Å². The Morgan fingerprint density at radius 1 is 0.769 bits per heavy atom. The van der Waals surface area contributed by atoms with Gasteiger partial charge >= 0.3 is 5.97 Å². The molecule has 52 heavy (non-hydrogen) atoms. The summed E-state index contributed by atoms with van der Waals surface area (Å²) in [4.78, 5) is 12.9. The first kappa shape index (κ1) is 43.4. The molecule has 0 bridgehead atoms. The van der Waals surface area contributed by atoms with E-state index in [-0.39, 0.29) is 12.1 Å². The second kappa shape index (κ2) is 22.3. The van der Waals surface area contributed by atoms with Crippen molar-refractivity contribution in [1.29, 1.82) is 0 Å². The summed E-state index contributed by atoms with van der Waals surface area (Å²) in [5, 5.41) is 0. The van der Waals surface area contributed by atoms with Gasteiger partial charge in [-0.25, -0.2) is 0 Å². The van der Waals surface area contributed by atoms with E-state index in [0.29, 0.717) is 17.3 Å². The lowest BCUT2D eigenvalue weighted by atomic mass is 9.47. The second-order valence-electron chi connectivity index (χ2n) is 19.5. The van der Waals surface area contributed by atoms with Gasteiger partial charge in [-0.05, 0) is 136 Å². The molecule has 0 heterocycles. The van der Waals surface area contributed by atoms with Crippen LogP contribution in [0, 0.1) is 52.3 Å². The van der Waals surface area contributed by atoms with E-state index in [2.05, 4.69) is 78.8 Å². The monoisotopic (exact) mass is 719 g/mol. The van der Waals surface area contributed by atoms with Crippen LogP contribution in [0.3, 0.4) is 0 Å². The van der Waals surface area contributed by atoms with Crippen LogP contribution in [-0.4, -0.2) is 12.1 Å². The van der Waals surface area contributed by atoms with Crippen molar-refractivity contribution in [3.05, 3.63) is 36.0 Å².